The van der Waals surface area contributed by atoms with Gasteiger partial charge in [0.2, 0.25) is 0 Å². The van der Waals surface area contributed by atoms with E-state index in [-0.39, 0.29) is 0 Å². The van der Waals surface area contributed by atoms with E-state index in [1.807, 2.05) is 24.3 Å². The number of ether oxygens (including phenoxy) is 1. The van der Waals surface area contributed by atoms with Crippen molar-refractivity contribution in [3.63, 3.8) is 0 Å². The van der Waals surface area contributed by atoms with Crippen molar-refractivity contribution in [2.24, 2.45) is 0 Å². The van der Waals surface area contributed by atoms with Crippen LogP contribution in [0, 0.1) is 0 Å². The minimum Gasteiger partial charge on any atom is -0.456 e. The van der Waals surface area contributed by atoms with E-state index in [4.69, 9.17) is 4.74 Å². The molecule has 3 rings (SSSR count). The molecular formula is C16H11F3O. The van der Waals surface area contributed by atoms with Crippen molar-refractivity contribution in [1.82, 2.24) is 0 Å². The second kappa shape index (κ2) is 4.71. The van der Waals surface area contributed by atoms with Gasteiger partial charge in [0, 0.05) is 5.56 Å². The largest absolute Gasteiger partial charge is 0.456 e. The Bertz CT molecular complexity index is 643. The molecule has 1 aromatic rings. The highest BCUT2D eigenvalue weighted by molar-refractivity contribution is 5.66. The number of allylic oxidation sites excluding steroid dienone is 6. The predicted molar refractivity (Wildman–Crippen MR) is 70.4 cm³/mol. The zero-order valence-electron chi connectivity index (χ0n) is 10.4. The number of halogens is 3. The van der Waals surface area contributed by atoms with Crippen LogP contribution in [0.1, 0.15) is 17.5 Å². The third-order valence-corrected chi connectivity index (χ3v) is 3.19. The van der Waals surface area contributed by atoms with Crippen molar-refractivity contribution in [2.45, 2.75) is 12.6 Å². The van der Waals surface area contributed by atoms with Crippen molar-refractivity contribution in [1.29, 1.82) is 0 Å². The fourth-order valence-electron chi connectivity index (χ4n) is 2.12. The Labute approximate surface area is 114 Å². The van der Waals surface area contributed by atoms with Gasteiger partial charge in [0.05, 0.1) is 5.56 Å². The summed E-state index contributed by atoms with van der Waals surface area (Å²) in [6, 6.07) is 4.97. The highest BCUT2D eigenvalue weighted by Crippen LogP contribution is 2.33. The molecule has 1 aliphatic carbocycles. The average Bonchev–Trinajstić information content (AvgIpc) is 2.46. The molecule has 0 fully saturated rings. The Hall–Kier alpha value is -2.23. The first-order chi connectivity index (χ1) is 9.54. The monoisotopic (exact) mass is 276 g/mol. The van der Waals surface area contributed by atoms with Crippen LogP contribution in [0.5, 0.6) is 0 Å². The van der Waals surface area contributed by atoms with Crippen LogP contribution in [0.3, 0.4) is 0 Å². The van der Waals surface area contributed by atoms with Crippen LogP contribution in [-0.2, 0) is 10.9 Å². The molecule has 4 heteroatoms. The third-order valence-electron chi connectivity index (χ3n) is 3.19. The summed E-state index contributed by atoms with van der Waals surface area (Å²) in [6.07, 6.45) is 6.00. The van der Waals surface area contributed by atoms with Crippen molar-refractivity contribution in [3.05, 3.63) is 77.1 Å². The van der Waals surface area contributed by atoms with E-state index in [0.717, 1.165) is 29.9 Å². The lowest BCUT2D eigenvalue weighted by Gasteiger charge is -2.20. The first kappa shape index (κ1) is 12.8. The lowest BCUT2D eigenvalue weighted by molar-refractivity contribution is -0.137. The smallest absolute Gasteiger partial charge is 0.416 e. The first-order valence-corrected chi connectivity index (χ1v) is 6.17. The van der Waals surface area contributed by atoms with Crippen LogP contribution < -0.4 is 0 Å². The molecule has 1 heterocycles. The van der Waals surface area contributed by atoms with Crippen molar-refractivity contribution in [3.8, 4) is 0 Å². The lowest BCUT2D eigenvalue weighted by atomic mass is 10.0. The van der Waals surface area contributed by atoms with Gasteiger partial charge in [-0.3, -0.25) is 0 Å². The number of fused-ring (bicyclic) bond motifs is 1. The summed E-state index contributed by atoms with van der Waals surface area (Å²) in [5.41, 5.74) is 1.04. The number of alkyl halides is 3. The van der Waals surface area contributed by atoms with Crippen LogP contribution in [0.25, 0.3) is 5.76 Å². The molecule has 0 saturated heterocycles. The van der Waals surface area contributed by atoms with Crippen LogP contribution in [0.15, 0.2) is 66.0 Å². The lowest BCUT2D eigenvalue weighted by Crippen LogP contribution is -2.06. The quantitative estimate of drug-likeness (QED) is 0.712. The summed E-state index contributed by atoms with van der Waals surface area (Å²) >= 11 is 0. The number of hydrogen-bond acceptors (Lipinski definition) is 1. The van der Waals surface area contributed by atoms with Crippen LogP contribution in [0.2, 0.25) is 0 Å². The molecule has 2 aliphatic rings. The molecule has 0 amide bonds. The van der Waals surface area contributed by atoms with Gasteiger partial charge in [-0.1, -0.05) is 30.4 Å². The summed E-state index contributed by atoms with van der Waals surface area (Å²) in [5.74, 6) is 1.31. The van der Waals surface area contributed by atoms with Gasteiger partial charge in [-0.15, -0.1) is 0 Å². The van der Waals surface area contributed by atoms with Crippen LogP contribution in [0.4, 0.5) is 13.2 Å². The highest BCUT2D eigenvalue weighted by atomic mass is 19.4. The fraction of sp³-hybridized carbons (Fsp3) is 0.125. The van der Waals surface area contributed by atoms with E-state index >= 15 is 0 Å². The maximum absolute atomic E-state index is 12.5. The van der Waals surface area contributed by atoms with Gasteiger partial charge >= 0.3 is 6.18 Å². The minimum absolute atomic E-state index is 0.559. The molecule has 0 radical (unpaired) electrons. The topological polar surface area (TPSA) is 9.23 Å². The molecule has 0 saturated carbocycles. The summed E-state index contributed by atoms with van der Waals surface area (Å²) in [5, 5.41) is 0. The summed E-state index contributed by atoms with van der Waals surface area (Å²) in [6.45, 7) is 0. The second-order valence-electron chi connectivity index (χ2n) is 4.56. The molecule has 1 aromatic carbocycles. The molecule has 0 spiro atoms. The van der Waals surface area contributed by atoms with E-state index in [0.29, 0.717) is 11.3 Å². The SMILES string of the molecule is FC(F)(F)c1ccc(C2=CC=C3CC=CC=C3O2)cc1. The van der Waals surface area contributed by atoms with Gasteiger partial charge in [0.15, 0.2) is 0 Å². The average molecular weight is 276 g/mol. The van der Waals surface area contributed by atoms with Crippen molar-refractivity contribution in [2.75, 3.05) is 0 Å². The van der Waals surface area contributed by atoms with Gasteiger partial charge in [0.25, 0.3) is 0 Å². The number of hydrogen-bond donors (Lipinski definition) is 0. The molecule has 20 heavy (non-hydrogen) atoms. The van der Waals surface area contributed by atoms with Gasteiger partial charge in [-0.25, -0.2) is 0 Å². The highest BCUT2D eigenvalue weighted by Gasteiger charge is 2.30. The zero-order chi connectivity index (χ0) is 14.2. The molecule has 0 aromatic heterocycles. The van der Waals surface area contributed by atoms with Gasteiger partial charge in [-0.2, -0.15) is 13.2 Å². The Morgan fingerprint density at radius 1 is 0.900 bits per heavy atom. The molecule has 0 N–H and O–H groups in total. The third kappa shape index (κ3) is 2.41. The molecular weight excluding hydrogens is 265 g/mol. The van der Waals surface area contributed by atoms with Crippen LogP contribution in [-0.4, -0.2) is 0 Å². The minimum atomic E-state index is -4.32. The maximum Gasteiger partial charge on any atom is 0.416 e. The predicted octanol–water partition coefficient (Wildman–Crippen LogP) is 4.85. The number of rotatable bonds is 1. The molecule has 0 bridgehead atoms. The molecule has 1 nitrogen and oxygen atoms in total. The van der Waals surface area contributed by atoms with Gasteiger partial charge in [-0.05, 0) is 36.3 Å². The Kier molecular flexibility index (Phi) is 3.01. The van der Waals surface area contributed by atoms with E-state index in [1.54, 1.807) is 6.08 Å². The van der Waals surface area contributed by atoms with E-state index in [1.165, 1.54) is 12.1 Å². The van der Waals surface area contributed by atoms with Crippen molar-refractivity contribution < 1.29 is 17.9 Å². The molecule has 1 aliphatic heterocycles. The number of benzene rings is 1. The Morgan fingerprint density at radius 3 is 2.35 bits per heavy atom. The molecule has 102 valence electrons. The summed E-state index contributed by atoms with van der Waals surface area (Å²) in [7, 11) is 0. The Morgan fingerprint density at radius 2 is 1.65 bits per heavy atom. The molecule has 0 atom stereocenters. The van der Waals surface area contributed by atoms with Crippen LogP contribution >= 0.6 is 0 Å². The normalized spacial score (nSPS) is 17.6. The molecule has 0 unspecified atom stereocenters. The Balaban J connectivity index is 1.88. The summed E-state index contributed by atoms with van der Waals surface area (Å²) < 4.78 is 43.3. The fourth-order valence-corrected chi connectivity index (χ4v) is 2.12. The van der Waals surface area contributed by atoms with Gasteiger partial charge < -0.3 is 4.74 Å². The zero-order valence-corrected chi connectivity index (χ0v) is 10.4. The standard InChI is InChI=1S/C16H11F3O/c17-16(18,19)13-8-5-12(6-9-13)15-10-7-11-3-1-2-4-14(11)20-15/h1-2,4-10H,3H2. The van der Waals surface area contributed by atoms with E-state index in [9.17, 15) is 13.2 Å². The van der Waals surface area contributed by atoms with E-state index < -0.39 is 11.7 Å². The summed E-state index contributed by atoms with van der Waals surface area (Å²) in [4.78, 5) is 0. The second-order valence-corrected chi connectivity index (χ2v) is 4.56. The first-order valence-electron chi connectivity index (χ1n) is 6.17. The van der Waals surface area contributed by atoms with Gasteiger partial charge in [0.1, 0.15) is 11.5 Å². The van der Waals surface area contributed by atoms with E-state index in [2.05, 4.69) is 0 Å². The van der Waals surface area contributed by atoms with Crippen molar-refractivity contribution >= 4 is 5.76 Å². The maximum atomic E-state index is 12.5.